The van der Waals surface area contributed by atoms with Crippen LogP contribution in [0.2, 0.25) is 0 Å². The standard InChI is InChI=1S/C20H15F2N3O3/c1-28-17-8-3-2-7-15(17)24-19(26)12-9-10-23-16(11-12)20(27)25-18-13(21)5-4-6-14(18)22/h2-11H,1H3,(H,24,26)(H,25,27). The van der Waals surface area contributed by atoms with Gasteiger partial charge in [0.1, 0.15) is 28.8 Å². The highest BCUT2D eigenvalue weighted by Crippen LogP contribution is 2.24. The molecule has 0 aliphatic carbocycles. The quantitative estimate of drug-likeness (QED) is 0.701. The zero-order valence-electron chi connectivity index (χ0n) is 14.7. The lowest BCUT2D eigenvalue weighted by Crippen LogP contribution is -2.18. The van der Waals surface area contributed by atoms with Crippen molar-refractivity contribution in [2.45, 2.75) is 0 Å². The molecule has 0 unspecified atom stereocenters. The number of anilines is 2. The zero-order chi connectivity index (χ0) is 20.1. The molecule has 0 spiro atoms. The Morgan fingerprint density at radius 3 is 2.36 bits per heavy atom. The van der Waals surface area contributed by atoms with Crippen LogP contribution in [0.3, 0.4) is 0 Å². The molecule has 3 aromatic rings. The van der Waals surface area contributed by atoms with Crippen LogP contribution < -0.4 is 15.4 Å². The summed E-state index contributed by atoms with van der Waals surface area (Å²) in [7, 11) is 1.47. The van der Waals surface area contributed by atoms with Crippen molar-refractivity contribution < 1.29 is 23.1 Å². The fraction of sp³-hybridized carbons (Fsp3) is 0.0500. The Kier molecular flexibility index (Phi) is 5.59. The predicted molar refractivity (Wildman–Crippen MR) is 99.5 cm³/mol. The van der Waals surface area contributed by atoms with Crippen molar-refractivity contribution in [1.82, 2.24) is 4.98 Å². The van der Waals surface area contributed by atoms with Crippen LogP contribution in [0.15, 0.2) is 60.8 Å². The van der Waals surface area contributed by atoms with E-state index in [1.165, 1.54) is 31.5 Å². The van der Waals surface area contributed by atoms with E-state index in [2.05, 4.69) is 15.6 Å². The van der Waals surface area contributed by atoms with E-state index < -0.39 is 29.1 Å². The molecular formula is C20H15F2N3O3. The van der Waals surface area contributed by atoms with Gasteiger partial charge in [0, 0.05) is 11.8 Å². The fourth-order valence-electron chi connectivity index (χ4n) is 2.43. The van der Waals surface area contributed by atoms with Crippen LogP contribution in [0.25, 0.3) is 0 Å². The second-order valence-electron chi connectivity index (χ2n) is 5.63. The molecule has 3 rings (SSSR count). The van der Waals surface area contributed by atoms with E-state index in [1.807, 2.05) is 0 Å². The Morgan fingerprint density at radius 2 is 1.64 bits per heavy atom. The largest absolute Gasteiger partial charge is 0.495 e. The van der Waals surface area contributed by atoms with Crippen molar-refractivity contribution in [2.75, 3.05) is 17.7 Å². The predicted octanol–water partition coefficient (Wildman–Crippen LogP) is 3.87. The summed E-state index contributed by atoms with van der Waals surface area (Å²) in [5.74, 6) is -2.72. The van der Waals surface area contributed by atoms with Crippen molar-refractivity contribution in [3.63, 3.8) is 0 Å². The summed E-state index contributed by atoms with van der Waals surface area (Å²) < 4.78 is 32.6. The first-order valence-corrected chi connectivity index (χ1v) is 8.15. The van der Waals surface area contributed by atoms with E-state index in [4.69, 9.17) is 4.74 Å². The number of nitrogens with zero attached hydrogens (tertiary/aromatic N) is 1. The molecule has 0 atom stereocenters. The first-order chi connectivity index (χ1) is 13.5. The number of ether oxygens (including phenoxy) is 1. The number of amides is 2. The maximum atomic E-state index is 13.7. The van der Waals surface area contributed by atoms with Crippen molar-refractivity contribution in [1.29, 1.82) is 0 Å². The number of hydrogen-bond acceptors (Lipinski definition) is 4. The van der Waals surface area contributed by atoms with Crippen molar-refractivity contribution in [2.24, 2.45) is 0 Å². The fourth-order valence-corrected chi connectivity index (χ4v) is 2.43. The number of rotatable bonds is 5. The summed E-state index contributed by atoms with van der Waals surface area (Å²) >= 11 is 0. The second-order valence-corrected chi connectivity index (χ2v) is 5.63. The summed E-state index contributed by atoms with van der Waals surface area (Å²) in [5, 5.41) is 4.79. The van der Waals surface area contributed by atoms with Gasteiger partial charge >= 0.3 is 0 Å². The van der Waals surface area contributed by atoms with E-state index in [0.717, 1.165) is 12.1 Å². The molecule has 0 bridgehead atoms. The van der Waals surface area contributed by atoms with Gasteiger partial charge in [-0.2, -0.15) is 0 Å². The van der Waals surface area contributed by atoms with Crippen LogP contribution in [0.5, 0.6) is 5.75 Å². The zero-order valence-corrected chi connectivity index (χ0v) is 14.7. The van der Waals surface area contributed by atoms with E-state index in [1.54, 1.807) is 24.3 Å². The van der Waals surface area contributed by atoms with E-state index in [-0.39, 0.29) is 11.3 Å². The minimum Gasteiger partial charge on any atom is -0.495 e. The minimum absolute atomic E-state index is 0.139. The average Bonchev–Trinajstić information content (AvgIpc) is 2.71. The second kappa shape index (κ2) is 8.26. The lowest BCUT2D eigenvalue weighted by Gasteiger charge is -2.10. The summed E-state index contributed by atoms with van der Waals surface area (Å²) in [5.41, 5.74) is -0.167. The third kappa shape index (κ3) is 4.12. The van der Waals surface area contributed by atoms with Crippen molar-refractivity contribution >= 4 is 23.2 Å². The smallest absolute Gasteiger partial charge is 0.274 e. The normalized spacial score (nSPS) is 10.2. The number of benzene rings is 2. The third-order valence-corrected chi connectivity index (χ3v) is 3.81. The van der Waals surface area contributed by atoms with Gasteiger partial charge in [0.25, 0.3) is 11.8 Å². The number of pyridine rings is 1. The molecule has 1 heterocycles. The number of carbonyl (C=O) groups excluding carboxylic acids is 2. The molecule has 6 nitrogen and oxygen atoms in total. The topological polar surface area (TPSA) is 80.3 Å². The molecule has 8 heteroatoms. The van der Waals surface area contributed by atoms with E-state index in [9.17, 15) is 18.4 Å². The molecule has 0 fully saturated rings. The van der Waals surface area contributed by atoms with Crippen LogP contribution in [0.1, 0.15) is 20.8 Å². The van der Waals surface area contributed by atoms with Gasteiger partial charge in [0.05, 0.1) is 12.8 Å². The number of aromatic nitrogens is 1. The van der Waals surface area contributed by atoms with Crippen LogP contribution in [-0.4, -0.2) is 23.9 Å². The van der Waals surface area contributed by atoms with Crippen molar-refractivity contribution in [3.05, 3.63) is 83.7 Å². The van der Waals surface area contributed by atoms with Crippen molar-refractivity contribution in [3.8, 4) is 5.75 Å². The molecule has 2 N–H and O–H groups in total. The number of halogens is 2. The molecule has 0 aliphatic heterocycles. The first-order valence-electron chi connectivity index (χ1n) is 8.15. The van der Waals surface area contributed by atoms with Gasteiger partial charge in [0.2, 0.25) is 0 Å². The number of para-hydroxylation sites is 3. The molecule has 2 aromatic carbocycles. The average molecular weight is 383 g/mol. The molecule has 2 amide bonds. The Balaban J connectivity index is 1.80. The van der Waals surface area contributed by atoms with Crippen LogP contribution >= 0.6 is 0 Å². The number of carbonyl (C=O) groups is 2. The lowest BCUT2D eigenvalue weighted by atomic mass is 10.2. The van der Waals surface area contributed by atoms with Gasteiger partial charge in [0.15, 0.2) is 0 Å². The lowest BCUT2D eigenvalue weighted by molar-refractivity contribution is 0.102. The molecule has 1 aromatic heterocycles. The monoisotopic (exact) mass is 383 g/mol. The first kappa shape index (κ1) is 19.0. The summed E-state index contributed by atoms with van der Waals surface area (Å²) in [6.45, 7) is 0. The highest BCUT2D eigenvalue weighted by molar-refractivity contribution is 6.08. The number of hydrogen-bond donors (Lipinski definition) is 2. The van der Waals surface area contributed by atoms with E-state index >= 15 is 0 Å². The van der Waals surface area contributed by atoms with Gasteiger partial charge < -0.3 is 15.4 Å². The van der Waals surface area contributed by atoms with Gasteiger partial charge in [-0.25, -0.2) is 8.78 Å². The Hall–Kier alpha value is -3.81. The molecule has 0 saturated carbocycles. The Bertz CT molecular complexity index is 1020. The van der Waals surface area contributed by atoms with Gasteiger partial charge in [-0.15, -0.1) is 0 Å². The molecule has 142 valence electrons. The molecular weight excluding hydrogens is 368 g/mol. The molecule has 0 radical (unpaired) electrons. The van der Waals surface area contributed by atoms with Crippen LogP contribution in [0.4, 0.5) is 20.2 Å². The minimum atomic E-state index is -0.918. The van der Waals surface area contributed by atoms with Crippen LogP contribution in [-0.2, 0) is 0 Å². The Labute approximate surface area is 159 Å². The SMILES string of the molecule is COc1ccccc1NC(=O)c1ccnc(C(=O)Nc2c(F)cccc2F)c1. The highest BCUT2D eigenvalue weighted by Gasteiger charge is 2.16. The number of nitrogens with one attached hydrogen (secondary N) is 2. The van der Waals surface area contributed by atoms with Crippen LogP contribution in [0, 0.1) is 11.6 Å². The summed E-state index contributed by atoms with van der Waals surface area (Å²) in [6.07, 6.45) is 1.25. The van der Waals surface area contributed by atoms with Gasteiger partial charge in [-0.1, -0.05) is 18.2 Å². The Morgan fingerprint density at radius 1 is 0.929 bits per heavy atom. The summed E-state index contributed by atoms with van der Waals surface area (Å²) in [4.78, 5) is 28.6. The maximum Gasteiger partial charge on any atom is 0.274 e. The van der Waals surface area contributed by atoms with Gasteiger partial charge in [-0.3, -0.25) is 14.6 Å². The number of methoxy groups -OCH3 is 1. The van der Waals surface area contributed by atoms with Gasteiger partial charge in [-0.05, 0) is 36.4 Å². The molecule has 28 heavy (non-hydrogen) atoms. The molecule has 0 aliphatic rings. The van der Waals surface area contributed by atoms with E-state index in [0.29, 0.717) is 11.4 Å². The summed E-state index contributed by atoms with van der Waals surface area (Å²) in [6, 6.07) is 12.7. The molecule has 0 saturated heterocycles. The maximum absolute atomic E-state index is 13.7. The third-order valence-electron chi connectivity index (χ3n) is 3.81. The highest BCUT2D eigenvalue weighted by atomic mass is 19.1.